The molecule has 0 atom stereocenters. The second-order valence-corrected chi connectivity index (χ2v) is 11.1. The van der Waals surface area contributed by atoms with Crippen LogP contribution in [0.15, 0.2) is 10.3 Å². The summed E-state index contributed by atoms with van der Waals surface area (Å²) in [6, 6.07) is 0. The number of rotatable bonds is 4. The molecular weight excluding hydrogens is 294 g/mol. The molecule has 0 saturated carbocycles. The van der Waals surface area contributed by atoms with E-state index in [0.717, 1.165) is 5.17 Å². The number of carbonyl (C=O) groups excluding carboxylic acids is 2. The smallest absolute Gasteiger partial charge is 0.350 e. The largest absolute Gasteiger partial charge is 0.467 e. The maximum absolute atomic E-state index is 12.1. The quantitative estimate of drug-likeness (QED) is 0.445. The Morgan fingerprint density at radius 2 is 1.62 bits per heavy atom. The minimum atomic E-state index is -2.32. The molecule has 1 rings (SSSR count). The van der Waals surface area contributed by atoms with E-state index in [0.29, 0.717) is 0 Å². The molecule has 1 aliphatic heterocycles. The lowest BCUT2D eigenvalue weighted by Gasteiger charge is -2.40. The lowest BCUT2D eigenvalue weighted by Crippen LogP contribution is -2.62. The van der Waals surface area contributed by atoms with Gasteiger partial charge in [-0.2, -0.15) is 5.11 Å². The van der Waals surface area contributed by atoms with E-state index in [1.165, 1.54) is 14.2 Å². The number of hydrogen-bond acceptors (Lipinski definition) is 8. The molecule has 0 saturated heterocycles. The van der Waals surface area contributed by atoms with E-state index in [4.69, 9.17) is 14.0 Å². The van der Waals surface area contributed by atoms with Crippen LogP contribution in [-0.4, -0.2) is 51.7 Å². The van der Waals surface area contributed by atoms with Crippen LogP contribution in [0.5, 0.6) is 0 Å². The van der Waals surface area contributed by atoms with Crippen molar-refractivity contribution in [3.05, 3.63) is 0 Å². The Balaban J connectivity index is 3.18. The SMILES string of the molecule is COC(=O)C1(C(=O)OC)CN=NN1O[Si](C)(C)C(C)(C)C. The third-order valence-corrected chi connectivity index (χ3v) is 8.18. The van der Waals surface area contributed by atoms with E-state index in [9.17, 15) is 9.59 Å². The van der Waals surface area contributed by atoms with Crippen molar-refractivity contribution in [1.29, 1.82) is 0 Å². The first-order chi connectivity index (χ1) is 9.53. The normalized spacial score (nSPS) is 17.8. The van der Waals surface area contributed by atoms with Crippen LogP contribution < -0.4 is 0 Å². The fourth-order valence-electron chi connectivity index (χ4n) is 1.48. The molecule has 0 unspecified atom stereocenters. The van der Waals surface area contributed by atoms with E-state index in [-0.39, 0.29) is 11.6 Å². The van der Waals surface area contributed by atoms with E-state index in [1.54, 1.807) is 0 Å². The standard InChI is InChI=1S/C12H23N3O5Si/c1-11(2,3)21(6,7)20-15-12(8-13-14-15,9(16)18-4)10(17)19-5/h8H2,1-7H3. The van der Waals surface area contributed by atoms with Gasteiger partial charge in [0, 0.05) is 0 Å². The molecular formula is C12H23N3O5Si. The summed E-state index contributed by atoms with van der Waals surface area (Å²) in [4.78, 5) is 24.3. The van der Waals surface area contributed by atoms with Gasteiger partial charge >= 0.3 is 11.9 Å². The zero-order valence-corrected chi connectivity index (χ0v) is 14.6. The van der Waals surface area contributed by atoms with Crippen LogP contribution in [0.3, 0.4) is 0 Å². The summed E-state index contributed by atoms with van der Waals surface area (Å²) >= 11 is 0. The van der Waals surface area contributed by atoms with Gasteiger partial charge in [0.15, 0.2) is 0 Å². The molecule has 0 aromatic heterocycles. The maximum Gasteiger partial charge on any atom is 0.350 e. The third kappa shape index (κ3) is 2.93. The molecule has 0 aromatic rings. The van der Waals surface area contributed by atoms with Crippen molar-refractivity contribution in [1.82, 2.24) is 5.17 Å². The van der Waals surface area contributed by atoms with Gasteiger partial charge in [0.1, 0.15) is 6.54 Å². The molecule has 21 heavy (non-hydrogen) atoms. The van der Waals surface area contributed by atoms with E-state index >= 15 is 0 Å². The van der Waals surface area contributed by atoms with Crippen molar-refractivity contribution >= 4 is 20.3 Å². The van der Waals surface area contributed by atoms with Crippen LogP contribution in [0, 0.1) is 0 Å². The highest BCUT2D eigenvalue weighted by Crippen LogP contribution is 2.39. The number of methoxy groups -OCH3 is 2. The average molecular weight is 317 g/mol. The summed E-state index contributed by atoms with van der Waals surface area (Å²) in [5.74, 6) is -1.61. The van der Waals surface area contributed by atoms with Gasteiger partial charge in [-0.3, -0.25) is 0 Å². The first-order valence-corrected chi connectivity index (χ1v) is 9.47. The van der Waals surface area contributed by atoms with Crippen LogP contribution in [-0.2, 0) is 23.6 Å². The maximum atomic E-state index is 12.1. The molecule has 8 nitrogen and oxygen atoms in total. The van der Waals surface area contributed by atoms with Crippen molar-refractivity contribution in [2.75, 3.05) is 20.8 Å². The predicted octanol–water partition coefficient (Wildman–Crippen LogP) is 1.69. The molecule has 0 fully saturated rings. The van der Waals surface area contributed by atoms with E-state index in [2.05, 4.69) is 10.3 Å². The monoisotopic (exact) mass is 317 g/mol. The highest BCUT2D eigenvalue weighted by molar-refractivity contribution is 6.74. The molecule has 0 spiro atoms. The van der Waals surface area contributed by atoms with Gasteiger partial charge in [0.05, 0.1) is 14.2 Å². The van der Waals surface area contributed by atoms with Gasteiger partial charge in [-0.15, -0.1) is 5.17 Å². The minimum Gasteiger partial charge on any atom is -0.467 e. The first kappa shape index (κ1) is 17.6. The van der Waals surface area contributed by atoms with Gasteiger partial charge in [-0.05, 0) is 23.4 Å². The fourth-order valence-corrected chi connectivity index (χ4v) is 2.38. The number of hydroxylamine groups is 1. The lowest BCUT2D eigenvalue weighted by atomic mass is 10.0. The summed E-state index contributed by atoms with van der Waals surface area (Å²) in [5, 5.41) is 8.39. The topological polar surface area (TPSA) is 89.8 Å². The van der Waals surface area contributed by atoms with Crippen molar-refractivity contribution in [2.45, 2.75) is 44.4 Å². The van der Waals surface area contributed by atoms with Gasteiger partial charge in [0.2, 0.25) is 8.32 Å². The van der Waals surface area contributed by atoms with Crippen molar-refractivity contribution in [3.63, 3.8) is 0 Å². The van der Waals surface area contributed by atoms with Crippen molar-refractivity contribution in [2.24, 2.45) is 10.3 Å². The molecule has 1 heterocycles. The van der Waals surface area contributed by atoms with Gasteiger partial charge in [0.25, 0.3) is 5.54 Å². The summed E-state index contributed by atoms with van der Waals surface area (Å²) in [5.41, 5.74) is -1.81. The summed E-state index contributed by atoms with van der Waals surface area (Å²) in [7, 11) is 0.0613. The second kappa shape index (κ2) is 5.72. The van der Waals surface area contributed by atoms with E-state index < -0.39 is 25.8 Å². The van der Waals surface area contributed by atoms with Gasteiger partial charge < -0.3 is 14.0 Å². The van der Waals surface area contributed by atoms with E-state index in [1.807, 2.05) is 33.9 Å². The van der Waals surface area contributed by atoms with Crippen LogP contribution in [0.4, 0.5) is 0 Å². The molecule has 0 bridgehead atoms. The summed E-state index contributed by atoms with van der Waals surface area (Å²) in [6.07, 6.45) is 0. The van der Waals surface area contributed by atoms with Crippen LogP contribution >= 0.6 is 0 Å². The van der Waals surface area contributed by atoms with Crippen LogP contribution in [0.2, 0.25) is 18.1 Å². The van der Waals surface area contributed by atoms with Crippen molar-refractivity contribution < 1.29 is 23.6 Å². The van der Waals surface area contributed by atoms with Gasteiger partial charge in [-0.1, -0.05) is 20.8 Å². The number of nitrogens with zero attached hydrogens (tertiary/aromatic N) is 3. The zero-order valence-electron chi connectivity index (χ0n) is 13.6. The lowest BCUT2D eigenvalue weighted by molar-refractivity contribution is -0.198. The third-order valence-electron chi connectivity index (χ3n) is 3.94. The highest BCUT2D eigenvalue weighted by atomic mass is 28.4. The Bertz CT molecular complexity index is 442. The molecule has 0 aromatic carbocycles. The summed E-state index contributed by atoms with van der Waals surface area (Å²) < 4.78 is 15.4. The molecule has 9 heteroatoms. The first-order valence-electron chi connectivity index (χ1n) is 6.56. The Morgan fingerprint density at radius 3 is 2.00 bits per heavy atom. The highest BCUT2D eigenvalue weighted by Gasteiger charge is 2.60. The number of ether oxygens (including phenoxy) is 2. The second-order valence-electron chi connectivity index (χ2n) is 6.36. The summed E-state index contributed by atoms with van der Waals surface area (Å²) in [6.45, 7) is 9.85. The Kier molecular flexibility index (Phi) is 4.79. The average Bonchev–Trinajstić information content (AvgIpc) is 2.79. The number of carbonyl (C=O) groups is 2. The number of hydrogen-bond donors (Lipinski definition) is 0. The predicted molar refractivity (Wildman–Crippen MR) is 76.6 cm³/mol. The molecule has 1 aliphatic rings. The fraction of sp³-hybridized carbons (Fsp3) is 0.833. The molecule has 0 aliphatic carbocycles. The van der Waals surface area contributed by atoms with Crippen molar-refractivity contribution in [3.8, 4) is 0 Å². The Hall–Kier alpha value is -1.48. The minimum absolute atomic E-state index is 0.136. The Labute approximate surface area is 125 Å². The molecule has 0 radical (unpaired) electrons. The zero-order chi connectivity index (χ0) is 16.5. The molecule has 0 N–H and O–H groups in total. The van der Waals surface area contributed by atoms with Crippen LogP contribution in [0.1, 0.15) is 20.8 Å². The number of esters is 2. The van der Waals surface area contributed by atoms with Gasteiger partial charge in [-0.25, -0.2) is 9.59 Å². The van der Waals surface area contributed by atoms with Crippen LogP contribution in [0.25, 0.3) is 0 Å². The molecule has 120 valence electrons. The molecule has 0 amide bonds. The Morgan fingerprint density at radius 1 is 1.14 bits per heavy atom.